The third kappa shape index (κ3) is 1.99. The number of hydrogen-bond donors (Lipinski definition) is 1. The normalized spacial score (nSPS) is 20.6. The van der Waals surface area contributed by atoms with Gasteiger partial charge in [-0.3, -0.25) is 4.79 Å². The summed E-state index contributed by atoms with van der Waals surface area (Å²) in [6.45, 7) is 3.34. The van der Waals surface area contributed by atoms with E-state index in [-0.39, 0.29) is 5.91 Å². The second-order valence-corrected chi connectivity index (χ2v) is 5.05. The van der Waals surface area contributed by atoms with Gasteiger partial charge in [0.05, 0.1) is 0 Å². The molecule has 2 N–H and O–H groups in total. The van der Waals surface area contributed by atoms with Crippen LogP contribution in [0.1, 0.15) is 12.0 Å². The molecule has 0 aromatic heterocycles. The summed E-state index contributed by atoms with van der Waals surface area (Å²) in [6.07, 6.45) is 0.572. The van der Waals surface area contributed by atoms with Crippen LogP contribution in [-0.2, 0) is 4.79 Å². The first-order valence-corrected chi connectivity index (χ1v) is 6.18. The lowest BCUT2D eigenvalue weighted by Gasteiger charge is -2.19. The zero-order chi connectivity index (χ0) is 11.7. The Kier molecular flexibility index (Phi) is 3.30. The molecule has 1 aliphatic rings. The molecule has 16 heavy (non-hydrogen) atoms. The minimum Gasteiger partial charge on any atom is -0.330 e. The van der Waals surface area contributed by atoms with Crippen LogP contribution in [0.15, 0.2) is 22.7 Å². The molecule has 86 valence electrons. The molecule has 1 fully saturated rings. The van der Waals surface area contributed by atoms with Crippen molar-refractivity contribution in [2.24, 2.45) is 11.7 Å². The van der Waals surface area contributed by atoms with Crippen LogP contribution in [0.5, 0.6) is 0 Å². The SMILES string of the molecule is Cc1c(Br)cccc1N1CC(CN)CC1=O. The smallest absolute Gasteiger partial charge is 0.227 e. The summed E-state index contributed by atoms with van der Waals surface area (Å²) in [7, 11) is 0. The van der Waals surface area contributed by atoms with E-state index >= 15 is 0 Å². The van der Waals surface area contributed by atoms with Crippen molar-refractivity contribution in [1.82, 2.24) is 0 Å². The Balaban J connectivity index is 2.31. The molecule has 0 saturated carbocycles. The van der Waals surface area contributed by atoms with Crippen LogP contribution in [0.3, 0.4) is 0 Å². The molecule has 1 heterocycles. The van der Waals surface area contributed by atoms with Crippen LogP contribution in [0, 0.1) is 12.8 Å². The summed E-state index contributed by atoms with van der Waals surface area (Å²) < 4.78 is 1.04. The third-order valence-electron chi connectivity index (χ3n) is 3.07. The van der Waals surface area contributed by atoms with Gasteiger partial charge in [0, 0.05) is 23.1 Å². The fourth-order valence-corrected chi connectivity index (χ4v) is 2.42. The molecule has 0 spiro atoms. The zero-order valence-electron chi connectivity index (χ0n) is 9.24. The third-order valence-corrected chi connectivity index (χ3v) is 3.93. The van der Waals surface area contributed by atoms with E-state index in [1.54, 1.807) is 0 Å². The van der Waals surface area contributed by atoms with E-state index < -0.39 is 0 Å². The van der Waals surface area contributed by atoms with Crippen LogP contribution in [0.25, 0.3) is 0 Å². The van der Waals surface area contributed by atoms with E-state index in [4.69, 9.17) is 5.73 Å². The highest BCUT2D eigenvalue weighted by atomic mass is 79.9. The van der Waals surface area contributed by atoms with Crippen molar-refractivity contribution < 1.29 is 4.79 Å². The van der Waals surface area contributed by atoms with Crippen molar-refractivity contribution in [2.45, 2.75) is 13.3 Å². The number of nitrogens with zero attached hydrogens (tertiary/aromatic N) is 1. The minimum absolute atomic E-state index is 0.177. The molecule has 1 amide bonds. The molecule has 3 nitrogen and oxygen atoms in total. The second kappa shape index (κ2) is 4.55. The Bertz CT molecular complexity index is 419. The summed E-state index contributed by atoms with van der Waals surface area (Å²) in [6, 6.07) is 5.92. The van der Waals surface area contributed by atoms with E-state index in [2.05, 4.69) is 15.9 Å². The molecule has 4 heteroatoms. The average Bonchev–Trinajstić information content (AvgIpc) is 2.64. The maximum atomic E-state index is 11.9. The van der Waals surface area contributed by atoms with Gasteiger partial charge in [0.1, 0.15) is 0 Å². The maximum Gasteiger partial charge on any atom is 0.227 e. The topological polar surface area (TPSA) is 46.3 Å². The molecule has 1 aliphatic heterocycles. The van der Waals surface area contributed by atoms with Crippen LogP contribution >= 0.6 is 15.9 Å². The molecule has 2 rings (SSSR count). The van der Waals surface area contributed by atoms with E-state index in [0.717, 1.165) is 22.3 Å². The Labute approximate surface area is 104 Å². The fourth-order valence-electron chi connectivity index (χ4n) is 2.06. The quantitative estimate of drug-likeness (QED) is 0.903. The number of anilines is 1. The lowest BCUT2D eigenvalue weighted by atomic mass is 10.1. The highest BCUT2D eigenvalue weighted by Gasteiger charge is 2.30. The Morgan fingerprint density at radius 1 is 1.56 bits per heavy atom. The lowest BCUT2D eigenvalue weighted by Crippen LogP contribution is -2.26. The Morgan fingerprint density at radius 3 is 2.94 bits per heavy atom. The zero-order valence-corrected chi connectivity index (χ0v) is 10.8. The molecule has 1 unspecified atom stereocenters. The Hall–Kier alpha value is -0.870. The van der Waals surface area contributed by atoms with Gasteiger partial charge in [-0.2, -0.15) is 0 Å². The largest absolute Gasteiger partial charge is 0.330 e. The van der Waals surface area contributed by atoms with Gasteiger partial charge < -0.3 is 10.6 Å². The van der Waals surface area contributed by atoms with Crippen molar-refractivity contribution in [2.75, 3.05) is 18.0 Å². The van der Waals surface area contributed by atoms with Gasteiger partial charge in [-0.25, -0.2) is 0 Å². The van der Waals surface area contributed by atoms with Crippen LogP contribution in [-0.4, -0.2) is 19.0 Å². The van der Waals surface area contributed by atoms with Gasteiger partial charge in [0.2, 0.25) is 5.91 Å². The molecule has 0 bridgehead atoms. The monoisotopic (exact) mass is 282 g/mol. The van der Waals surface area contributed by atoms with Crippen LogP contribution < -0.4 is 10.6 Å². The van der Waals surface area contributed by atoms with Gasteiger partial charge in [0.15, 0.2) is 0 Å². The summed E-state index contributed by atoms with van der Waals surface area (Å²) in [5.41, 5.74) is 7.72. The van der Waals surface area contributed by atoms with Crippen LogP contribution in [0.2, 0.25) is 0 Å². The fraction of sp³-hybridized carbons (Fsp3) is 0.417. The van der Waals surface area contributed by atoms with E-state index in [1.807, 2.05) is 30.0 Å². The van der Waals surface area contributed by atoms with E-state index in [9.17, 15) is 4.79 Å². The maximum absolute atomic E-state index is 11.9. The van der Waals surface area contributed by atoms with E-state index in [1.165, 1.54) is 0 Å². The Morgan fingerprint density at radius 2 is 2.31 bits per heavy atom. The average molecular weight is 283 g/mol. The molecular formula is C12H15BrN2O. The van der Waals surface area contributed by atoms with Gasteiger partial charge in [0.25, 0.3) is 0 Å². The number of amides is 1. The highest BCUT2D eigenvalue weighted by Crippen LogP contribution is 2.31. The van der Waals surface area contributed by atoms with Crippen molar-refractivity contribution in [3.63, 3.8) is 0 Å². The molecular weight excluding hydrogens is 268 g/mol. The molecule has 1 atom stereocenters. The standard InChI is InChI=1S/C12H15BrN2O/c1-8-10(13)3-2-4-11(8)15-7-9(6-14)5-12(15)16/h2-4,9H,5-7,14H2,1H3. The molecule has 1 aromatic carbocycles. The van der Waals surface area contributed by atoms with Crippen molar-refractivity contribution in [1.29, 1.82) is 0 Å². The number of rotatable bonds is 2. The van der Waals surface area contributed by atoms with Crippen molar-refractivity contribution >= 4 is 27.5 Å². The number of carbonyl (C=O) groups is 1. The van der Waals surface area contributed by atoms with Crippen LogP contribution in [0.4, 0.5) is 5.69 Å². The van der Waals surface area contributed by atoms with Gasteiger partial charge in [-0.05, 0) is 37.1 Å². The molecule has 1 aromatic rings. The molecule has 1 saturated heterocycles. The summed E-state index contributed by atoms with van der Waals surface area (Å²) in [5, 5.41) is 0. The first-order valence-electron chi connectivity index (χ1n) is 5.39. The highest BCUT2D eigenvalue weighted by molar-refractivity contribution is 9.10. The summed E-state index contributed by atoms with van der Waals surface area (Å²) in [5.74, 6) is 0.475. The van der Waals surface area contributed by atoms with Gasteiger partial charge >= 0.3 is 0 Å². The van der Waals surface area contributed by atoms with Crippen molar-refractivity contribution in [3.8, 4) is 0 Å². The lowest BCUT2D eigenvalue weighted by molar-refractivity contribution is -0.117. The summed E-state index contributed by atoms with van der Waals surface area (Å²) >= 11 is 3.48. The minimum atomic E-state index is 0.177. The van der Waals surface area contributed by atoms with Crippen molar-refractivity contribution in [3.05, 3.63) is 28.2 Å². The molecule has 0 radical (unpaired) electrons. The number of hydrogen-bond acceptors (Lipinski definition) is 2. The molecule has 0 aliphatic carbocycles. The number of halogens is 1. The van der Waals surface area contributed by atoms with Gasteiger partial charge in [-0.1, -0.05) is 22.0 Å². The first-order chi connectivity index (χ1) is 7.63. The summed E-state index contributed by atoms with van der Waals surface area (Å²) in [4.78, 5) is 13.7. The predicted molar refractivity (Wildman–Crippen MR) is 68.4 cm³/mol. The van der Waals surface area contributed by atoms with E-state index in [0.29, 0.717) is 18.9 Å². The van der Waals surface area contributed by atoms with Gasteiger partial charge in [-0.15, -0.1) is 0 Å². The second-order valence-electron chi connectivity index (χ2n) is 4.19. The number of carbonyl (C=O) groups excluding carboxylic acids is 1. The number of benzene rings is 1. The number of nitrogens with two attached hydrogens (primary N) is 1. The predicted octanol–water partition coefficient (Wildman–Crippen LogP) is 2.07. The first kappa shape index (κ1) is 11.6.